The van der Waals surface area contributed by atoms with Gasteiger partial charge in [-0.1, -0.05) is 18.2 Å². The summed E-state index contributed by atoms with van der Waals surface area (Å²) < 4.78 is 6.96. The Labute approximate surface area is 197 Å². The molecule has 9 nitrogen and oxygen atoms in total. The molecule has 2 atom stereocenters. The fourth-order valence-electron chi connectivity index (χ4n) is 4.53. The maximum absolute atomic E-state index is 13.4. The van der Waals surface area contributed by atoms with Crippen molar-refractivity contribution in [3.05, 3.63) is 66.5 Å². The summed E-state index contributed by atoms with van der Waals surface area (Å²) in [6, 6.07) is 16.1. The summed E-state index contributed by atoms with van der Waals surface area (Å²) in [5.41, 5.74) is 2.85. The van der Waals surface area contributed by atoms with Crippen LogP contribution in [0.4, 0.5) is 11.5 Å². The van der Waals surface area contributed by atoms with E-state index in [0.717, 1.165) is 29.9 Å². The third-order valence-electron chi connectivity index (χ3n) is 5.92. The number of nitrogens with one attached hydrogen (secondary N) is 2. The van der Waals surface area contributed by atoms with Crippen molar-refractivity contribution in [2.75, 3.05) is 30.4 Å². The van der Waals surface area contributed by atoms with Crippen LogP contribution in [0.2, 0.25) is 0 Å². The van der Waals surface area contributed by atoms with Crippen molar-refractivity contribution in [1.29, 1.82) is 0 Å². The largest absolute Gasteiger partial charge is 0.467 e. The third-order valence-corrected chi connectivity index (χ3v) is 5.92. The first kappa shape index (κ1) is 21.8. The highest BCUT2D eigenvalue weighted by Crippen LogP contribution is 2.31. The number of piperazine rings is 1. The van der Waals surface area contributed by atoms with Crippen LogP contribution in [0.1, 0.15) is 24.2 Å². The predicted molar refractivity (Wildman–Crippen MR) is 132 cm³/mol. The molecule has 1 amide bonds. The Morgan fingerprint density at radius 1 is 1.09 bits per heavy atom. The van der Waals surface area contributed by atoms with Crippen molar-refractivity contribution in [1.82, 2.24) is 25.1 Å². The van der Waals surface area contributed by atoms with Crippen LogP contribution in [0.5, 0.6) is 6.01 Å². The fourth-order valence-corrected chi connectivity index (χ4v) is 4.53. The molecule has 0 saturated carbocycles. The van der Waals surface area contributed by atoms with E-state index >= 15 is 0 Å². The number of aromatic nitrogens is 4. The topological polar surface area (TPSA) is 97.2 Å². The van der Waals surface area contributed by atoms with E-state index in [2.05, 4.69) is 44.4 Å². The van der Waals surface area contributed by atoms with Crippen LogP contribution in [-0.2, 0) is 0 Å². The van der Waals surface area contributed by atoms with Crippen LogP contribution in [0, 0.1) is 0 Å². The molecule has 34 heavy (non-hydrogen) atoms. The van der Waals surface area contributed by atoms with Crippen molar-refractivity contribution in [3.8, 4) is 11.7 Å². The highest BCUT2D eigenvalue weighted by Gasteiger charge is 2.25. The Kier molecular flexibility index (Phi) is 5.85. The second-order valence-corrected chi connectivity index (χ2v) is 8.54. The van der Waals surface area contributed by atoms with Crippen molar-refractivity contribution >= 4 is 28.3 Å². The Hall–Kier alpha value is -3.98. The maximum Gasteiger partial charge on any atom is 0.316 e. The maximum atomic E-state index is 13.4. The van der Waals surface area contributed by atoms with Gasteiger partial charge >= 0.3 is 6.01 Å². The molecule has 174 valence electrons. The lowest BCUT2D eigenvalue weighted by Gasteiger charge is -2.38. The number of carbonyl (C=O) groups excluding carboxylic acids is 1. The molecule has 1 fully saturated rings. The van der Waals surface area contributed by atoms with Crippen LogP contribution in [0.25, 0.3) is 16.6 Å². The molecule has 9 heteroatoms. The smallest absolute Gasteiger partial charge is 0.316 e. The minimum Gasteiger partial charge on any atom is -0.467 e. The SMILES string of the molecule is COc1ncc2c(N3C[C@H](C)N[C@@H](C)C3)ccc(C(=O)Nc3ccnn3-c3ccccc3)c2n1. The van der Waals surface area contributed by atoms with E-state index in [1.807, 2.05) is 42.5 Å². The van der Waals surface area contributed by atoms with Gasteiger partial charge in [0.15, 0.2) is 0 Å². The zero-order chi connectivity index (χ0) is 23.7. The van der Waals surface area contributed by atoms with Gasteiger partial charge in [0.05, 0.1) is 30.1 Å². The van der Waals surface area contributed by atoms with Gasteiger partial charge in [0, 0.05) is 48.5 Å². The van der Waals surface area contributed by atoms with Gasteiger partial charge in [0.2, 0.25) is 0 Å². The average Bonchev–Trinajstić information content (AvgIpc) is 3.30. The predicted octanol–water partition coefficient (Wildman–Crippen LogP) is 3.26. The highest BCUT2D eigenvalue weighted by atomic mass is 16.5. The van der Waals surface area contributed by atoms with Gasteiger partial charge < -0.3 is 20.3 Å². The van der Waals surface area contributed by atoms with E-state index in [-0.39, 0.29) is 11.9 Å². The molecule has 0 spiro atoms. The normalized spacial score (nSPS) is 18.1. The fraction of sp³-hybridized carbons (Fsp3) is 0.280. The van der Waals surface area contributed by atoms with E-state index in [9.17, 15) is 4.79 Å². The standard InChI is InChI=1S/C25H27N7O2/c1-16-14-31(15-17(2)28-16)21-10-9-19(23-20(21)13-26-25(30-23)34-3)24(33)29-22-11-12-27-32(22)18-7-5-4-6-8-18/h4-13,16-17,28H,14-15H2,1-3H3,(H,29,33)/t16-,17-/m0/s1. The minimum atomic E-state index is -0.281. The number of hydrogen-bond acceptors (Lipinski definition) is 7. The lowest BCUT2D eigenvalue weighted by Crippen LogP contribution is -2.54. The number of para-hydroxylation sites is 1. The summed E-state index contributed by atoms with van der Waals surface area (Å²) in [7, 11) is 1.52. The van der Waals surface area contributed by atoms with E-state index in [0.29, 0.717) is 29.0 Å². The van der Waals surface area contributed by atoms with Crippen molar-refractivity contribution in [2.24, 2.45) is 0 Å². The molecular weight excluding hydrogens is 430 g/mol. The molecule has 2 aromatic carbocycles. The molecule has 1 saturated heterocycles. The average molecular weight is 458 g/mol. The Morgan fingerprint density at radius 2 is 1.85 bits per heavy atom. The third kappa shape index (κ3) is 4.17. The number of carbonyl (C=O) groups is 1. The molecule has 1 aliphatic rings. The summed E-state index contributed by atoms with van der Waals surface area (Å²) in [5.74, 6) is 0.288. The summed E-state index contributed by atoms with van der Waals surface area (Å²) >= 11 is 0. The van der Waals surface area contributed by atoms with Gasteiger partial charge in [0.1, 0.15) is 5.82 Å². The van der Waals surface area contributed by atoms with E-state index in [4.69, 9.17) is 4.74 Å². The molecule has 2 aromatic heterocycles. The second-order valence-electron chi connectivity index (χ2n) is 8.54. The summed E-state index contributed by atoms with van der Waals surface area (Å²) in [6.45, 7) is 6.05. The zero-order valence-corrected chi connectivity index (χ0v) is 19.4. The van der Waals surface area contributed by atoms with Crippen LogP contribution >= 0.6 is 0 Å². The lowest BCUT2D eigenvalue weighted by molar-refractivity contribution is 0.102. The molecule has 0 radical (unpaired) electrons. The number of methoxy groups -OCH3 is 1. The van der Waals surface area contributed by atoms with Crippen molar-refractivity contribution in [3.63, 3.8) is 0 Å². The first-order valence-corrected chi connectivity index (χ1v) is 11.3. The molecule has 0 aliphatic carbocycles. The van der Waals surface area contributed by atoms with Crippen LogP contribution in [0.3, 0.4) is 0 Å². The Bertz CT molecular complexity index is 1310. The van der Waals surface area contributed by atoms with Crippen molar-refractivity contribution < 1.29 is 9.53 Å². The number of fused-ring (bicyclic) bond motifs is 1. The van der Waals surface area contributed by atoms with Crippen LogP contribution in [-0.4, -0.2) is 57.9 Å². The number of benzene rings is 2. The first-order valence-electron chi connectivity index (χ1n) is 11.3. The molecule has 0 bridgehead atoms. The van der Waals surface area contributed by atoms with E-state index < -0.39 is 0 Å². The monoisotopic (exact) mass is 457 g/mol. The minimum absolute atomic E-state index is 0.218. The van der Waals surface area contributed by atoms with Crippen LogP contribution in [0.15, 0.2) is 60.9 Å². The summed E-state index contributed by atoms with van der Waals surface area (Å²) in [6.07, 6.45) is 3.39. The lowest BCUT2D eigenvalue weighted by atomic mass is 10.0. The van der Waals surface area contributed by atoms with Gasteiger partial charge in [-0.2, -0.15) is 10.1 Å². The first-order chi connectivity index (χ1) is 16.5. The second kappa shape index (κ2) is 9.11. The molecule has 3 heterocycles. The van der Waals surface area contributed by atoms with Gasteiger partial charge in [-0.05, 0) is 38.1 Å². The zero-order valence-electron chi connectivity index (χ0n) is 19.4. The Balaban J connectivity index is 1.53. The molecular formula is C25H27N7O2. The molecule has 0 unspecified atom stereocenters. The van der Waals surface area contributed by atoms with E-state index in [1.54, 1.807) is 23.1 Å². The van der Waals surface area contributed by atoms with Gasteiger partial charge in [-0.15, -0.1) is 0 Å². The van der Waals surface area contributed by atoms with Gasteiger partial charge in [-0.25, -0.2) is 9.67 Å². The number of anilines is 2. The van der Waals surface area contributed by atoms with E-state index in [1.165, 1.54) is 7.11 Å². The summed E-state index contributed by atoms with van der Waals surface area (Å²) in [5, 5.41) is 11.7. The molecule has 4 aromatic rings. The van der Waals surface area contributed by atoms with Crippen molar-refractivity contribution in [2.45, 2.75) is 25.9 Å². The molecule has 1 aliphatic heterocycles. The van der Waals surface area contributed by atoms with Crippen LogP contribution < -0.4 is 20.3 Å². The number of rotatable bonds is 5. The number of amides is 1. The molecule has 2 N–H and O–H groups in total. The number of hydrogen-bond donors (Lipinski definition) is 2. The number of ether oxygens (including phenoxy) is 1. The Morgan fingerprint density at radius 3 is 2.59 bits per heavy atom. The molecule has 5 rings (SSSR count). The highest BCUT2D eigenvalue weighted by molar-refractivity contribution is 6.13. The summed E-state index contributed by atoms with van der Waals surface area (Å²) in [4.78, 5) is 24.6. The van der Waals surface area contributed by atoms with Gasteiger partial charge in [0.25, 0.3) is 5.91 Å². The quantitative estimate of drug-likeness (QED) is 0.475. The van der Waals surface area contributed by atoms with Gasteiger partial charge in [-0.3, -0.25) is 4.79 Å². The number of nitrogens with zero attached hydrogens (tertiary/aromatic N) is 5.